The number of aryl methyl sites for hydroxylation is 1. The first-order chi connectivity index (χ1) is 13.2. The van der Waals surface area contributed by atoms with Gasteiger partial charge in [0.05, 0.1) is 10.4 Å². The normalized spacial score (nSPS) is 11.6. The molecule has 0 saturated heterocycles. The first-order valence-electron chi connectivity index (χ1n) is 8.49. The topological polar surface area (TPSA) is 97.1 Å². The van der Waals surface area contributed by atoms with Crippen LogP contribution in [0.4, 0.5) is 0 Å². The Labute approximate surface area is 174 Å². The summed E-state index contributed by atoms with van der Waals surface area (Å²) < 4.78 is 1.42. The van der Waals surface area contributed by atoms with E-state index in [4.69, 9.17) is 5.11 Å². The third-order valence-electron chi connectivity index (χ3n) is 4.25. The summed E-state index contributed by atoms with van der Waals surface area (Å²) in [7, 11) is 0. The summed E-state index contributed by atoms with van der Waals surface area (Å²) in [5, 5.41) is 22.2. The molecule has 0 radical (unpaired) electrons. The molecule has 0 aliphatic rings. The predicted octanol–water partition coefficient (Wildman–Crippen LogP) is 3.56. The molecule has 3 rings (SSSR count). The van der Waals surface area contributed by atoms with Crippen molar-refractivity contribution in [2.45, 2.75) is 30.7 Å². The number of halogens is 1. The number of rotatable bonds is 6. The number of carbonyl (C=O) groups is 2. The molecule has 146 valence electrons. The van der Waals surface area contributed by atoms with Crippen LogP contribution >= 0.6 is 27.7 Å². The lowest BCUT2D eigenvalue weighted by Gasteiger charge is -2.22. The minimum atomic E-state index is -1.09. The Bertz CT molecular complexity index is 1060. The fourth-order valence-electron chi connectivity index (χ4n) is 2.79. The van der Waals surface area contributed by atoms with Crippen LogP contribution in [0.25, 0.3) is 16.5 Å². The van der Waals surface area contributed by atoms with Crippen LogP contribution in [0.15, 0.2) is 46.3 Å². The Hall–Kier alpha value is -2.39. The summed E-state index contributed by atoms with van der Waals surface area (Å²) in [6.45, 7) is 5.06. The van der Waals surface area contributed by atoms with Gasteiger partial charge < -0.3 is 10.4 Å². The van der Waals surface area contributed by atoms with Crippen molar-refractivity contribution in [3.05, 3.63) is 46.7 Å². The molecule has 0 aliphatic heterocycles. The highest BCUT2D eigenvalue weighted by Crippen LogP contribution is 2.36. The van der Waals surface area contributed by atoms with Crippen molar-refractivity contribution in [1.82, 2.24) is 20.1 Å². The minimum Gasteiger partial charge on any atom is -0.480 e. The number of benzene rings is 2. The number of carboxylic acids is 1. The Morgan fingerprint density at radius 1 is 1.18 bits per heavy atom. The molecule has 9 heteroatoms. The molecule has 0 atom stereocenters. The lowest BCUT2D eigenvalue weighted by atomic mass is 10.0. The number of hydrogen-bond donors (Lipinski definition) is 2. The van der Waals surface area contributed by atoms with Crippen LogP contribution < -0.4 is 5.32 Å². The molecule has 28 heavy (non-hydrogen) atoms. The van der Waals surface area contributed by atoms with Crippen LogP contribution in [0, 0.1) is 6.92 Å². The zero-order valence-corrected chi connectivity index (χ0v) is 18.0. The number of carboxylic acid groups (broad SMARTS) is 1. The number of carbonyl (C=O) groups excluding carboxylic acids is 1. The van der Waals surface area contributed by atoms with Gasteiger partial charge in [-0.15, -0.1) is 10.2 Å². The molecule has 3 aromatic rings. The van der Waals surface area contributed by atoms with Gasteiger partial charge in [-0.1, -0.05) is 42.1 Å². The Morgan fingerprint density at radius 3 is 2.54 bits per heavy atom. The standard InChI is InChI=1S/C19H19BrN4O3S/c1-11-8-9-14(13-7-5-4-6-12(11)13)24-17(20)22-23-18(24)28-19(2,3)16(27)21-10-15(25)26/h4-9H,10H2,1-3H3,(H,21,27)(H,25,26). The maximum atomic E-state index is 12.4. The Balaban J connectivity index is 2.01. The van der Waals surface area contributed by atoms with E-state index < -0.39 is 17.3 Å². The molecule has 0 spiro atoms. The average molecular weight is 463 g/mol. The quantitative estimate of drug-likeness (QED) is 0.543. The van der Waals surface area contributed by atoms with Crippen LogP contribution in [-0.2, 0) is 9.59 Å². The second kappa shape index (κ2) is 7.92. The fraction of sp³-hybridized carbons (Fsp3) is 0.263. The smallest absolute Gasteiger partial charge is 0.322 e. The summed E-state index contributed by atoms with van der Waals surface area (Å²) >= 11 is 4.67. The molecular formula is C19H19BrN4O3S. The van der Waals surface area contributed by atoms with Gasteiger partial charge in [-0.25, -0.2) is 0 Å². The largest absolute Gasteiger partial charge is 0.480 e. The lowest BCUT2D eigenvalue weighted by molar-refractivity contribution is -0.138. The first kappa shape index (κ1) is 20.3. The van der Waals surface area contributed by atoms with E-state index in [-0.39, 0.29) is 5.91 Å². The molecule has 0 unspecified atom stereocenters. The van der Waals surface area contributed by atoms with Crippen molar-refractivity contribution in [1.29, 1.82) is 0 Å². The SMILES string of the molecule is Cc1ccc(-n2c(Br)nnc2SC(C)(C)C(=O)NCC(=O)O)c2ccccc12. The highest BCUT2D eigenvalue weighted by Gasteiger charge is 2.32. The van der Waals surface area contributed by atoms with E-state index in [2.05, 4.69) is 44.4 Å². The molecule has 0 fully saturated rings. The molecule has 1 amide bonds. The second-order valence-corrected chi connectivity index (χ2v) is 9.02. The number of nitrogens with zero attached hydrogens (tertiary/aromatic N) is 3. The Morgan fingerprint density at radius 2 is 1.86 bits per heavy atom. The van der Waals surface area contributed by atoms with Gasteiger partial charge in [-0.3, -0.25) is 14.2 Å². The van der Waals surface area contributed by atoms with E-state index in [0.717, 1.165) is 22.0 Å². The zero-order chi connectivity index (χ0) is 20.5. The number of thioether (sulfide) groups is 1. The van der Waals surface area contributed by atoms with Crippen molar-refractivity contribution < 1.29 is 14.7 Å². The molecule has 0 aliphatic carbocycles. The molecule has 1 aromatic heterocycles. The van der Waals surface area contributed by atoms with Gasteiger partial charge in [-0.2, -0.15) is 0 Å². The van der Waals surface area contributed by atoms with Crippen LogP contribution in [0.1, 0.15) is 19.4 Å². The van der Waals surface area contributed by atoms with Crippen molar-refractivity contribution >= 4 is 50.3 Å². The van der Waals surface area contributed by atoms with E-state index in [1.54, 1.807) is 13.8 Å². The maximum absolute atomic E-state index is 12.4. The third-order valence-corrected chi connectivity index (χ3v) is 5.90. The van der Waals surface area contributed by atoms with E-state index in [0.29, 0.717) is 9.89 Å². The summed E-state index contributed by atoms with van der Waals surface area (Å²) in [5.41, 5.74) is 2.05. The zero-order valence-electron chi connectivity index (χ0n) is 15.6. The number of amides is 1. The maximum Gasteiger partial charge on any atom is 0.322 e. The summed E-state index contributed by atoms with van der Waals surface area (Å²) in [5.74, 6) is -1.48. The molecule has 1 heterocycles. The number of nitrogens with one attached hydrogen (secondary N) is 1. The van der Waals surface area contributed by atoms with Crippen LogP contribution in [-0.4, -0.2) is 43.0 Å². The fourth-order valence-corrected chi connectivity index (χ4v) is 4.33. The highest BCUT2D eigenvalue weighted by molar-refractivity contribution is 9.10. The predicted molar refractivity (Wildman–Crippen MR) is 112 cm³/mol. The molecule has 0 saturated carbocycles. The summed E-state index contributed by atoms with van der Waals surface area (Å²) in [4.78, 5) is 23.2. The van der Waals surface area contributed by atoms with Crippen LogP contribution in [0.5, 0.6) is 0 Å². The molecule has 0 bridgehead atoms. The highest BCUT2D eigenvalue weighted by atomic mass is 79.9. The van der Waals surface area contributed by atoms with Gasteiger partial charge >= 0.3 is 5.97 Å². The average Bonchev–Trinajstić information content (AvgIpc) is 3.00. The monoisotopic (exact) mass is 462 g/mol. The Kier molecular flexibility index (Phi) is 5.76. The lowest BCUT2D eigenvalue weighted by Crippen LogP contribution is -2.42. The molecule has 2 aromatic carbocycles. The van der Waals surface area contributed by atoms with Gasteiger partial charge in [0.1, 0.15) is 6.54 Å². The van der Waals surface area contributed by atoms with E-state index in [1.165, 1.54) is 11.8 Å². The van der Waals surface area contributed by atoms with Crippen LogP contribution in [0.2, 0.25) is 0 Å². The van der Waals surface area contributed by atoms with Gasteiger partial charge in [0.2, 0.25) is 10.6 Å². The van der Waals surface area contributed by atoms with Crippen molar-refractivity contribution in [3.8, 4) is 5.69 Å². The van der Waals surface area contributed by atoms with Crippen molar-refractivity contribution in [3.63, 3.8) is 0 Å². The summed E-state index contributed by atoms with van der Waals surface area (Å²) in [6, 6.07) is 12.1. The number of fused-ring (bicyclic) bond motifs is 1. The molecule has 7 nitrogen and oxygen atoms in total. The van der Waals surface area contributed by atoms with Crippen LogP contribution in [0.3, 0.4) is 0 Å². The molecular weight excluding hydrogens is 444 g/mol. The second-order valence-electron chi connectivity index (χ2n) is 6.72. The number of hydrogen-bond acceptors (Lipinski definition) is 5. The summed E-state index contributed by atoms with van der Waals surface area (Å²) in [6.07, 6.45) is 0. The molecule has 2 N–H and O–H groups in total. The van der Waals surface area contributed by atoms with Gasteiger partial charge in [0.25, 0.3) is 0 Å². The van der Waals surface area contributed by atoms with Gasteiger partial charge in [-0.05, 0) is 53.7 Å². The number of aromatic nitrogens is 3. The minimum absolute atomic E-state index is 0.390. The van der Waals surface area contributed by atoms with E-state index in [9.17, 15) is 9.59 Å². The first-order valence-corrected chi connectivity index (χ1v) is 10.1. The van der Waals surface area contributed by atoms with Gasteiger partial charge in [0.15, 0.2) is 5.16 Å². The number of aliphatic carboxylic acids is 1. The van der Waals surface area contributed by atoms with E-state index >= 15 is 0 Å². The van der Waals surface area contributed by atoms with Crippen molar-refractivity contribution in [2.75, 3.05) is 6.54 Å². The van der Waals surface area contributed by atoms with Gasteiger partial charge in [0, 0.05) is 5.39 Å². The third kappa shape index (κ3) is 4.05. The van der Waals surface area contributed by atoms with Crippen molar-refractivity contribution in [2.24, 2.45) is 0 Å². The van der Waals surface area contributed by atoms with E-state index in [1.807, 2.05) is 34.9 Å².